The number of nitriles is 1. The van der Waals surface area contributed by atoms with Crippen molar-refractivity contribution in [3.05, 3.63) is 45.9 Å². The number of nitrogen functional groups attached to an aromatic ring is 1. The van der Waals surface area contributed by atoms with E-state index in [2.05, 4.69) is 77.3 Å². The summed E-state index contributed by atoms with van der Waals surface area (Å²) in [6, 6.07) is 7.22. The number of fused-ring (bicyclic) bond motifs is 1. The number of aromatic nitrogens is 2. The summed E-state index contributed by atoms with van der Waals surface area (Å²) in [5.41, 5.74) is 13.0. The fraction of sp³-hybridized carbons (Fsp3) is 0.732. The van der Waals surface area contributed by atoms with E-state index in [1.54, 1.807) is 0 Å². The Hall–Kier alpha value is -2.65. The molecule has 6 heteroatoms. The molecule has 2 aromatic rings. The van der Waals surface area contributed by atoms with Crippen molar-refractivity contribution >= 4 is 11.5 Å². The molecule has 0 radical (unpaired) electrons. The molecule has 0 spiro atoms. The van der Waals surface area contributed by atoms with E-state index in [0.29, 0.717) is 23.2 Å². The number of benzene rings is 1. The summed E-state index contributed by atoms with van der Waals surface area (Å²) in [4.78, 5) is 16.2. The van der Waals surface area contributed by atoms with Crippen LogP contribution in [0, 0.1) is 17.2 Å². The summed E-state index contributed by atoms with van der Waals surface area (Å²) in [5, 5.41) is 10.2. The highest BCUT2D eigenvalue weighted by atomic mass is 15.3. The average molecular weight is 643 g/mol. The lowest BCUT2D eigenvalue weighted by atomic mass is 9.76. The van der Waals surface area contributed by atoms with Crippen molar-refractivity contribution < 1.29 is 0 Å². The molecular formula is C41H66N6. The van der Waals surface area contributed by atoms with Crippen LogP contribution in [-0.2, 0) is 19.3 Å². The lowest BCUT2D eigenvalue weighted by Gasteiger charge is -2.44. The van der Waals surface area contributed by atoms with Gasteiger partial charge in [0.15, 0.2) is 0 Å². The van der Waals surface area contributed by atoms with Gasteiger partial charge in [0.25, 0.3) is 0 Å². The van der Waals surface area contributed by atoms with Gasteiger partial charge < -0.3 is 10.6 Å². The summed E-state index contributed by atoms with van der Waals surface area (Å²) < 4.78 is 0. The highest BCUT2D eigenvalue weighted by Crippen LogP contribution is 2.44. The molecule has 2 fully saturated rings. The molecule has 47 heavy (non-hydrogen) atoms. The molecule has 1 aromatic heterocycles. The minimum Gasteiger partial charge on any atom is -0.398 e. The zero-order chi connectivity index (χ0) is 34.1. The molecule has 3 heterocycles. The average Bonchev–Trinajstić information content (AvgIpc) is 3.45. The second-order valence-electron chi connectivity index (χ2n) is 14.9. The molecule has 1 aliphatic carbocycles. The maximum Gasteiger partial charge on any atom is 0.136 e. The normalized spacial score (nSPS) is 24.6. The Morgan fingerprint density at radius 3 is 2.45 bits per heavy atom. The maximum atomic E-state index is 10.2. The van der Waals surface area contributed by atoms with E-state index >= 15 is 0 Å². The molecule has 5 unspecified atom stereocenters. The van der Waals surface area contributed by atoms with E-state index in [1.807, 2.05) is 6.07 Å². The summed E-state index contributed by atoms with van der Waals surface area (Å²) in [6.07, 6.45) is 16.0. The number of anilines is 2. The molecule has 0 saturated carbocycles. The summed E-state index contributed by atoms with van der Waals surface area (Å²) in [6.45, 7) is 21.6. The number of aryl methyl sites for hydroxylation is 1. The fourth-order valence-electron chi connectivity index (χ4n) is 8.69. The van der Waals surface area contributed by atoms with Gasteiger partial charge in [0, 0.05) is 42.3 Å². The van der Waals surface area contributed by atoms with Crippen molar-refractivity contribution in [1.82, 2.24) is 14.9 Å². The Morgan fingerprint density at radius 2 is 1.85 bits per heavy atom. The van der Waals surface area contributed by atoms with Gasteiger partial charge in [0.05, 0.1) is 11.3 Å². The summed E-state index contributed by atoms with van der Waals surface area (Å²) in [7, 11) is 0. The minimum atomic E-state index is 0.255. The van der Waals surface area contributed by atoms with Gasteiger partial charge in [0.2, 0.25) is 0 Å². The van der Waals surface area contributed by atoms with E-state index in [4.69, 9.17) is 15.7 Å². The molecule has 260 valence electrons. The molecule has 3 aliphatic rings. The largest absolute Gasteiger partial charge is 0.398 e. The molecule has 1 aromatic carbocycles. The third-order valence-corrected chi connectivity index (χ3v) is 11.8. The first-order valence-corrected chi connectivity index (χ1v) is 19.5. The fourth-order valence-corrected chi connectivity index (χ4v) is 8.69. The van der Waals surface area contributed by atoms with Crippen LogP contribution in [-0.4, -0.2) is 46.1 Å². The minimum absolute atomic E-state index is 0.255. The van der Waals surface area contributed by atoms with Gasteiger partial charge in [-0.05, 0) is 99.3 Å². The Bertz CT molecular complexity index is 1350. The van der Waals surface area contributed by atoms with E-state index in [-0.39, 0.29) is 11.5 Å². The van der Waals surface area contributed by atoms with Crippen LogP contribution in [0.25, 0.3) is 0 Å². The van der Waals surface area contributed by atoms with Gasteiger partial charge in [-0.25, -0.2) is 9.97 Å². The van der Waals surface area contributed by atoms with Crippen LogP contribution < -0.4 is 10.6 Å². The Kier molecular flexibility index (Phi) is 13.6. The third kappa shape index (κ3) is 7.98. The Morgan fingerprint density at radius 1 is 1.09 bits per heavy atom. The van der Waals surface area contributed by atoms with Crippen molar-refractivity contribution in [2.45, 2.75) is 169 Å². The van der Waals surface area contributed by atoms with Crippen LogP contribution in [0.1, 0.15) is 172 Å². The van der Waals surface area contributed by atoms with Crippen LogP contribution in [0.4, 0.5) is 11.5 Å². The SMILES string of the molecule is CCC.CCCCC1CCN1c1nc(CCC2(CC)CC(CC)CN2CC)nc2c1CCC(c1c(C(C)CC)ccc(N)c1C#N)C2. The van der Waals surface area contributed by atoms with E-state index in [0.717, 1.165) is 63.4 Å². The number of hydrogen-bond acceptors (Lipinski definition) is 6. The van der Waals surface area contributed by atoms with Gasteiger partial charge in [-0.15, -0.1) is 0 Å². The van der Waals surface area contributed by atoms with Gasteiger partial charge in [-0.1, -0.05) is 87.1 Å². The molecule has 0 bridgehead atoms. The Labute approximate surface area is 287 Å². The molecule has 6 nitrogen and oxygen atoms in total. The first-order chi connectivity index (χ1) is 22.7. The summed E-state index contributed by atoms with van der Waals surface area (Å²) >= 11 is 0. The number of likely N-dealkylation sites (tertiary alicyclic amines) is 1. The molecule has 2 N–H and O–H groups in total. The van der Waals surface area contributed by atoms with Gasteiger partial charge in [-0.3, -0.25) is 4.90 Å². The number of nitrogens with zero attached hydrogens (tertiary/aromatic N) is 5. The lowest BCUT2D eigenvalue weighted by molar-refractivity contribution is 0.128. The van der Waals surface area contributed by atoms with Crippen LogP contribution >= 0.6 is 0 Å². The smallest absolute Gasteiger partial charge is 0.136 e. The third-order valence-electron chi connectivity index (χ3n) is 11.8. The number of hydrogen-bond donors (Lipinski definition) is 1. The van der Waals surface area contributed by atoms with Crippen molar-refractivity contribution in [3.63, 3.8) is 0 Å². The van der Waals surface area contributed by atoms with Crippen molar-refractivity contribution in [2.75, 3.05) is 30.3 Å². The van der Waals surface area contributed by atoms with E-state index < -0.39 is 0 Å². The van der Waals surface area contributed by atoms with Crippen molar-refractivity contribution in [1.29, 1.82) is 5.26 Å². The van der Waals surface area contributed by atoms with Crippen LogP contribution in [0.5, 0.6) is 0 Å². The topological polar surface area (TPSA) is 82.1 Å². The van der Waals surface area contributed by atoms with E-state index in [1.165, 1.54) is 86.1 Å². The van der Waals surface area contributed by atoms with Crippen LogP contribution in [0.15, 0.2) is 12.1 Å². The Balaban J connectivity index is 0.00000160. The number of rotatable bonds is 13. The molecule has 2 aliphatic heterocycles. The molecule has 5 rings (SSSR count). The number of unbranched alkanes of at least 4 members (excludes halogenated alkanes) is 1. The van der Waals surface area contributed by atoms with Gasteiger partial charge >= 0.3 is 0 Å². The highest BCUT2D eigenvalue weighted by Gasteiger charge is 2.43. The number of nitrogens with two attached hydrogens (primary N) is 1. The van der Waals surface area contributed by atoms with Crippen molar-refractivity contribution in [2.24, 2.45) is 5.92 Å². The zero-order valence-electron chi connectivity index (χ0n) is 31.3. The van der Waals surface area contributed by atoms with Gasteiger partial charge in [-0.2, -0.15) is 5.26 Å². The lowest BCUT2D eigenvalue weighted by Crippen LogP contribution is -2.49. The predicted molar refractivity (Wildman–Crippen MR) is 199 cm³/mol. The molecule has 0 amide bonds. The first kappa shape index (κ1) is 37.2. The van der Waals surface area contributed by atoms with Crippen molar-refractivity contribution in [3.8, 4) is 6.07 Å². The first-order valence-electron chi connectivity index (χ1n) is 19.5. The predicted octanol–water partition coefficient (Wildman–Crippen LogP) is 9.73. The summed E-state index contributed by atoms with van der Waals surface area (Å²) in [5.74, 6) is 3.69. The standard InChI is InChI=1S/C38H58N6.C3H8/c1-7-12-13-29-19-21-44(29)37-31-15-14-28(36-30(26(6)8-2)16-17-33(40)32(36)24-39)22-34(31)41-35(42-37)18-20-38(10-4)23-27(9-3)25-43(38)11-5;1-3-2/h16-17,26-29H,7-15,18-23,25,40H2,1-6H3;3H2,1-2H3. The second-order valence-corrected chi connectivity index (χ2v) is 14.9. The van der Waals surface area contributed by atoms with Crippen LogP contribution in [0.3, 0.4) is 0 Å². The molecular weight excluding hydrogens is 576 g/mol. The zero-order valence-corrected chi connectivity index (χ0v) is 31.3. The van der Waals surface area contributed by atoms with Crippen LogP contribution in [0.2, 0.25) is 0 Å². The highest BCUT2D eigenvalue weighted by molar-refractivity contribution is 5.63. The molecule has 5 atom stereocenters. The van der Waals surface area contributed by atoms with E-state index in [9.17, 15) is 5.26 Å². The monoisotopic (exact) mass is 643 g/mol. The van der Waals surface area contributed by atoms with Gasteiger partial charge in [0.1, 0.15) is 17.7 Å². The second kappa shape index (κ2) is 17.1. The quantitative estimate of drug-likeness (QED) is 0.219. The maximum absolute atomic E-state index is 10.2. The molecule has 2 saturated heterocycles.